The van der Waals surface area contributed by atoms with Gasteiger partial charge in [-0.15, -0.1) is 0 Å². The van der Waals surface area contributed by atoms with Gasteiger partial charge in [0.15, 0.2) is 18.1 Å². The van der Waals surface area contributed by atoms with Crippen molar-refractivity contribution in [1.82, 2.24) is 0 Å². The number of carbonyl (C=O) groups excluding carboxylic acids is 2. The zero-order valence-electron chi connectivity index (χ0n) is 16.5. The van der Waals surface area contributed by atoms with Gasteiger partial charge in [0.2, 0.25) is 5.75 Å². The number of esters is 1. The zero-order chi connectivity index (χ0) is 22.1. The molecule has 0 aliphatic carbocycles. The van der Waals surface area contributed by atoms with Gasteiger partial charge in [-0.2, -0.15) is 0 Å². The molecule has 0 aliphatic rings. The van der Waals surface area contributed by atoms with E-state index in [0.717, 1.165) is 6.08 Å². The number of methoxy groups -OCH3 is 3. The average molecular weight is 416 g/mol. The topological polar surface area (TPSA) is 126 Å². The van der Waals surface area contributed by atoms with Crippen LogP contribution in [-0.4, -0.2) is 44.7 Å². The van der Waals surface area contributed by atoms with Gasteiger partial charge in [0.05, 0.1) is 26.3 Å². The summed E-state index contributed by atoms with van der Waals surface area (Å²) < 4.78 is 20.6. The van der Waals surface area contributed by atoms with Crippen LogP contribution in [0.4, 0.5) is 11.4 Å². The molecule has 10 heteroatoms. The van der Waals surface area contributed by atoms with Crippen LogP contribution in [0, 0.1) is 10.1 Å². The van der Waals surface area contributed by atoms with Crippen LogP contribution in [0.25, 0.3) is 6.08 Å². The van der Waals surface area contributed by atoms with Gasteiger partial charge in [-0.25, -0.2) is 4.79 Å². The maximum atomic E-state index is 11.9. The first kappa shape index (κ1) is 22.2. The van der Waals surface area contributed by atoms with Crippen LogP contribution in [0.5, 0.6) is 17.2 Å². The molecule has 0 bridgehead atoms. The third-order valence-corrected chi connectivity index (χ3v) is 3.79. The van der Waals surface area contributed by atoms with E-state index in [1.54, 1.807) is 12.1 Å². The number of rotatable bonds is 9. The molecule has 158 valence electrons. The van der Waals surface area contributed by atoms with E-state index in [1.165, 1.54) is 51.7 Å². The van der Waals surface area contributed by atoms with Crippen LogP contribution in [-0.2, 0) is 14.3 Å². The fraction of sp³-hybridized carbons (Fsp3) is 0.200. The number of nitrogens with zero attached hydrogens (tertiary/aromatic N) is 1. The van der Waals surface area contributed by atoms with Gasteiger partial charge < -0.3 is 24.3 Å². The minimum Gasteiger partial charge on any atom is -0.493 e. The Hall–Kier alpha value is -4.08. The van der Waals surface area contributed by atoms with Crippen molar-refractivity contribution in [3.63, 3.8) is 0 Å². The molecule has 0 saturated carbocycles. The van der Waals surface area contributed by atoms with Gasteiger partial charge in [-0.05, 0) is 29.8 Å². The zero-order valence-corrected chi connectivity index (χ0v) is 16.5. The third kappa shape index (κ3) is 5.96. The number of ether oxygens (including phenoxy) is 4. The molecule has 2 aromatic carbocycles. The molecule has 1 amide bonds. The molecule has 0 unspecified atom stereocenters. The van der Waals surface area contributed by atoms with Gasteiger partial charge in [-0.3, -0.25) is 14.9 Å². The summed E-state index contributed by atoms with van der Waals surface area (Å²) in [6.45, 7) is -0.554. The largest absolute Gasteiger partial charge is 0.493 e. The number of benzene rings is 2. The molecule has 0 heterocycles. The second-order valence-corrected chi connectivity index (χ2v) is 5.76. The number of hydrogen-bond donors (Lipinski definition) is 1. The summed E-state index contributed by atoms with van der Waals surface area (Å²) in [6.07, 6.45) is 2.60. The monoisotopic (exact) mass is 416 g/mol. The van der Waals surface area contributed by atoms with Gasteiger partial charge in [-0.1, -0.05) is 6.07 Å². The lowest BCUT2D eigenvalue weighted by molar-refractivity contribution is -0.384. The fourth-order valence-corrected chi connectivity index (χ4v) is 2.44. The Morgan fingerprint density at radius 2 is 1.73 bits per heavy atom. The fourth-order valence-electron chi connectivity index (χ4n) is 2.44. The molecule has 1 N–H and O–H groups in total. The predicted molar refractivity (Wildman–Crippen MR) is 108 cm³/mol. The summed E-state index contributed by atoms with van der Waals surface area (Å²) in [6, 6.07) is 8.69. The standard InChI is InChI=1S/C20H20N2O8/c1-27-16-9-13(10-17(28-2)20(16)29-3)7-8-19(24)30-12-18(23)21-14-5-4-6-15(11-14)22(25)26/h4-11H,12H2,1-3H3,(H,21,23)/b8-7+. The predicted octanol–water partition coefficient (Wildman–Crippen LogP) is 2.82. The van der Waals surface area contributed by atoms with E-state index in [9.17, 15) is 19.7 Å². The van der Waals surface area contributed by atoms with E-state index in [2.05, 4.69) is 5.32 Å². The van der Waals surface area contributed by atoms with Gasteiger partial charge in [0.1, 0.15) is 0 Å². The first-order chi connectivity index (χ1) is 14.4. The first-order valence-electron chi connectivity index (χ1n) is 8.57. The van der Waals surface area contributed by atoms with Gasteiger partial charge in [0, 0.05) is 23.9 Å². The average Bonchev–Trinajstić information content (AvgIpc) is 2.75. The van der Waals surface area contributed by atoms with Crippen molar-refractivity contribution >= 4 is 29.3 Å². The highest BCUT2D eigenvalue weighted by Crippen LogP contribution is 2.38. The quantitative estimate of drug-likeness (QED) is 0.286. The normalized spacial score (nSPS) is 10.4. The van der Waals surface area contributed by atoms with Gasteiger partial charge in [0.25, 0.3) is 11.6 Å². The molecule has 0 fully saturated rings. The molecular formula is C20H20N2O8. The molecule has 0 spiro atoms. The molecule has 10 nitrogen and oxygen atoms in total. The highest BCUT2D eigenvalue weighted by molar-refractivity contribution is 5.94. The van der Waals surface area contributed by atoms with Crippen LogP contribution >= 0.6 is 0 Å². The first-order valence-corrected chi connectivity index (χ1v) is 8.57. The number of nitrogens with one attached hydrogen (secondary N) is 1. The lowest BCUT2D eigenvalue weighted by Crippen LogP contribution is -2.20. The van der Waals surface area contributed by atoms with Crippen LogP contribution in [0.15, 0.2) is 42.5 Å². The Kier molecular flexibility index (Phi) is 7.74. The second-order valence-electron chi connectivity index (χ2n) is 5.76. The number of nitro groups is 1. The molecule has 0 radical (unpaired) electrons. The summed E-state index contributed by atoms with van der Waals surface area (Å²) in [5.41, 5.74) is 0.638. The van der Waals surface area contributed by atoms with E-state index in [4.69, 9.17) is 18.9 Å². The van der Waals surface area contributed by atoms with Crippen molar-refractivity contribution in [2.45, 2.75) is 0 Å². The number of non-ortho nitro benzene ring substituents is 1. The lowest BCUT2D eigenvalue weighted by atomic mass is 10.1. The number of carbonyl (C=O) groups is 2. The molecule has 0 aromatic heterocycles. The number of amides is 1. The van der Waals surface area contributed by atoms with E-state index < -0.39 is 23.4 Å². The van der Waals surface area contributed by atoms with E-state index in [-0.39, 0.29) is 11.4 Å². The highest BCUT2D eigenvalue weighted by Gasteiger charge is 2.13. The molecule has 2 rings (SSSR count). The summed E-state index contributed by atoms with van der Waals surface area (Å²) >= 11 is 0. The number of hydrogen-bond acceptors (Lipinski definition) is 8. The van der Waals surface area contributed by atoms with E-state index in [1.807, 2.05) is 0 Å². The smallest absolute Gasteiger partial charge is 0.331 e. The lowest BCUT2D eigenvalue weighted by Gasteiger charge is -2.12. The Labute approximate surface area is 172 Å². The van der Waals surface area contributed by atoms with Crippen molar-refractivity contribution < 1.29 is 33.5 Å². The van der Waals surface area contributed by atoms with Crippen molar-refractivity contribution in [2.24, 2.45) is 0 Å². The molecule has 30 heavy (non-hydrogen) atoms. The van der Waals surface area contributed by atoms with Crippen molar-refractivity contribution in [3.8, 4) is 17.2 Å². The molecule has 2 aromatic rings. The van der Waals surface area contributed by atoms with Crippen LogP contribution < -0.4 is 19.5 Å². The summed E-state index contributed by atoms with van der Waals surface area (Å²) in [5.74, 6) is -0.136. The van der Waals surface area contributed by atoms with Gasteiger partial charge >= 0.3 is 5.97 Å². The van der Waals surface area contributed by atoms with Crippen LogP contribution in [0.3, 0.4) is 0 Å². The molecule has 0 aliphatic heterocycles. The maximum absolute atomic E-state index is 11.9. The van der Waals surface area contributed by atoms with Crippen molar-refractivity contribution in [2.75, 3.05) is 33.3 Å². The second kappa shape index (κ2) is 10.5. The third-order valence-electron chi connectivity index (χ3n) is 3.79. The Morgan fingerprint density at radius 1 is 1.07 bits per heavy atom. The SMILES string of the molecule is COc1cc(/C=C/C(=O)OCC(=O)Nc2cccc([N+](=O)[O-])c2)cc(OC)c1OC. The van der Waals surface area contributed by atoms with E-state index >= 15 is 0 Å². The Balaban J connectivity index is 1.96. The van der Waals surface area contributed by atoms with Crippen molar-refractivity contribution in [3.05, 3.63) is 58.2 Å². The minimum absolute atomic E-state index is 0.168. The Bertz CT molecular complexity index is 946. The van der Waals surface area contributed by atoms with Crippen LogP contribution in [0.1, 0.15) is 5.56 Å². The summed E-state index contributed by atoms with van der Waals surface area (Å²) in [7, 11) is 4.42. The van der Waals surface area contributed by atoms with E-state index in [0.29, 0.717) is 22.8 Å². The maximum Gasteiger partial charge on any atom is 0.331 e. The minimum atomic E-state index is -0.752. The van der Waals surface area contributed by atoms with Crippen molar-refractivity contribution in [1.29, 1.82) is 0 Å². The van der Waals surface area contributed by atoms with Crippen LogP contribution in [0.2, 0.25) is 0 Å². The molecular weight excluding hydrogens is 396 g/mol. The Morgan fingerprint density at radius 3 is 2.30 bits per heavy atom. The number of nitro benzene ring substituents is 1. The molecule has 0 atom stereocenters. The summed E-state index contributed by atoms with van der Waals surface area (Å²) in [4.78, 5) is 33.9. The number of anilines is 1. The highest BCUT2D eigenvalue weighted by atomic mass is 16.6. The molecule has 0 saturated heterocycles. The summed E-state index contributed by atoms with van der Waals surface area (Å²) in [5, 5.41) is 13.2.